The second-order valence-corrected chi connectivity index (χ2v) is 8.82. The summed E-state index contributed by atoms with van der Waals surface area (Å²) in [5.41, 5.74) is 0.842. The van der Waals surface area contributed by atoms with Crippen LogP contribution in [0.2, 0.25) is 0 Å². The molecule has 0 aromatic heterocycles. The molecule has 1 aliphatic rings. The summed E-state index contributed by atoms with van der Waals surface area (Å²) < 4.78 is 10.3. The van der Waals surface area contributed by atoms with Gasteiger partial charge in [0.1, 0.15) is 12.4 Å². The second kappa shape index (κ2) is 12.8. The van der Waals surface area contributed by atoms with E-state index >= 15 is 0 Å². The summed E-state index contributed by atoms with van der Waals surface area (Å²) in [5, 5.41) is 19.0. The molecule has 186 valence electrons. The van der Waals surface area contributed by atoms with Gasteiger partial charge in [0.2, 0.25) is 5.91 Å². The zero-order valence-corrected chi connectivity index (χ0v) is 19.8. The SMILES string of the molecule is CC(C)COC(=O)NC(=N)c1ccc(C(=O)C(C)CC(=O)N2CCC(OCC(=O)O)CC2)cc1. The van der Waals surface area contributed by atoms with E-state index in [2.05, 4.69) is 5.32 Å². The Morgan fingerprint density at radius 1 is 1.09 bits per heavy atom. The number of nitrogens with one attached hydrogen (secondary N) is 2. The van der Waals surface area contributed by atoms with Crippen LogP contribution in [0.25, 0.3) is 0 Å². The Hall–Kier alpha value is -3.27. The third kappa shape index (κ3) is 8.58. The third-order valence-electron chi connectivity index (χ3n) is 5.40. The van der Waals surface area contributed by atoms with Crippen molar-refractivity contribution in [2.75, 3.05) is 26.3 Å². The predicted molar refractivity (Wildman–Crippen MR) is 124 cm³/mol. The fourth-order valence-electron chi connectivity index (χ4n) is 3.48. The fraction of sp³-hybridized carbons (Fsp3) is 0.542. The third-order valence-corrected chi connectivity index (χ3v) is 5.40. The van der Waals surface area contributed by atoms with Gasteiger partial charge in [0.15, 0.2) is 5.78 Å². The molecule has 0 bridgehead atoms. The molecule has 1 unspecified atom stereocenters. The van der Waals surface area contributed by atoms with Crippen molar-refractivity contribution in [2.45, 2.75) is 46.1 Å². The zero-order valence-electron chi connectivity index (χ0n) is 19.8. The number of hydrogen-bond acceptors (Lipinski definition) is 7. The first-order chi connectivity index (χ1) is 16.1. The van der Waals surface area contributed by atoms with Gasteiger partial charge in [0, 0.05) is 36.6 Å². The van der Waals surface area contributed by atoms with Crippen molar-refractivity contribution in [3.05, 3.63) is 35.4 Å². The van der Waals surface area contributed by atoms with Crippen LogP contribution in [-0.2, 0) is 19.1 Å². The first kappa shape index (κ1) is 27.0. The number of benzene rings is 1. The molecule has 3 N–H and O–H groups in total. The number of hydrogen-bond donors (Lipinski definition) is 3. The van der Waals surface area contributed by atoms with Gasteiger partial charge in [-0.3, -0.25) is 20.3 Å². The molecule has 0 aliphatic carbocycles. The fourth-order valence-corrected chi connectivity index (χ4v) is 3.48. The maximum absolute atomic E-state index is 12.8. The van der Waals surface area contributed by atoms with Crippen LogP contribution in [0.4, 0.5) is 4.79 Å². The molecule has 10 nitrogen and oxygen atoms in total. The van der Waals surface area contributed by atoms with Crippen LogP contribution < -0.4 is 5.32 Å². The summed E-state index contributed by atoms with van der Waals surface area (Å²) in [6.45, 7) is 6.35. The lowest BCUT2D eigenvalue weighted by molar-refractivity contribution is -0.147. The van der Waals surface area contributed by atoms with E-state index in [0.717, 1.165) is 0 Å². The number of amides is 2. The Morgan fingerprint density at radius 2 is 1.68 bits per heavy atom. The van der Waals surface area contributed by atoms with Crippen LogP contribution in [0.15, 0.2) is 24.3 Å². The van der Waals surface area contributed by atoms with Gasteiger partial charge in [-0.25, -0.2) is 9.59 Å². The number of ketones is 1. The summed E-state index contributed by atoms with van der Waals surface area (Å²) in [4.78, 5) is 49.4. The molecule has 0 spiro atoms. The molecule has 1 aromatic rings. The van der Waals surface area contributed by atoms with Crippen molar-refractivity contribution in [1.29, 1.82) is 5.41 Å². The lowest BCUT2D eigenvalue weighted by atomic mass is 9.94. The number of Topliss-reactive ketones (excluding diaryl/α,β-unsaturated/α-hetero) is 1. The van der Waals surface area contributed by atoms with Crippen molar-refractivity contribution in [2.24, 2.45) is 11.8 Å². The Bertz CT molecular complexity index is 890. The molecule has 2 rings (SSSR count). The maximum atomic E-state index is 12.8. The molecule has 1 aliphatic heterocycles. The molecule has 1 heterocycles. The highest BCUT2D eigenvalue weighted by Crippen LogP contribution is 2.18. The molecule has 0 saturated carbocycles. The Labute approximate surface area is 199 Å². The highest BCUT2D eigenvalue weighted by molar-refractivity contribution is 6.05. The van der Waals surface area contributed by atoms with Crippen molar-refractivity contribution >= 4 is 29.6 Å². The van der Waals surface area contributed by atoms with E-state index in [1.165, 1.54) is 0 Å². The molecule has 0 radical (unpaired) electrons. The molecule has 1 aromatic carbocycles. The number of carboxylic acid groups (broad SMARTS) is 1. The number of nitrogens with zero attached hydrogens (tertiary/aromatic N) is 1. The van der Waals surface area contributed by atoms with Crippen LogP contribution in [0.3, 0.4) is 0 Å². The number of carbonyl (C=O) groups is 4. The first-order valence-corrected chi connectivity index (χ1v) is 11.3. The predicted octanol–water partition coefficient (Wildman–Crippen LogP) is 2.70. The van der Waals surface area contributed by atoms with Gasteiger partial charge in [-0.2, -0.15) is 0 Å². The summed E-state index contributed by atoms with van der Waals surface area (Å²) in [7, 11) is 0. The molecule has 34 heavy (non-hydrogen) atoms. The Kier molecular flexibility index (Phi) is 10.2. The van der Waals surface area contributed by atoms with E-state index in [4.69, 9.17) is 20.0 Å². The number of alkyl carbamates (subject to hydrolysis) is 1. The number of carboxylic acids is 1. The molecular weight excluding hydrogens is 442 g/mol. The largest absolute Gasteiger partial charge is 0.480 e. The Balaban J connectivity index is 1.83. The van der Waals surface area contributed by atoms with E-state index in [1.54, 1.807) is 36.1 Å². The Morgan fingerprint density at radius 3 is 2.24 bits per heavy atom. The van der Waals surface area contributed by atoms with Gasteiger partial charge in [-0.1, -0.05) is 45.0 Å². The zero-order chi connectivity index (χ0) is 25.3. The lowest BCUT2D eigenvalue weighted by Gasteiger charge is -2.32. The second-order valence-electron chi connectivity index (χ2n) is 8.82. The van der Waals surface area contributed by atoms with Gasteiger partial charge < -0.3 is 19.5 Å². The van der Waals surface area contributed by atoms with Crippen LogP contribution in [0.1, 0.15) is 56.0 Å². The van der Waals surface area contributed by atoms with E-state index in [1.807, 2.05) is 13.8 Å². The van der Waals surface area contributed by atoms with E-state index in [-0.39, 0.29) is 49.2 Å². The van der Waals surface area contributed by atoms with Crippen molar-refractivity contribution in [3.8, 4) is 0 Å². The minimum atomic E-state index is -1.02. The molecule has 1 fully saturated rings. The van der Waals surface area contributed by atoms with Crippen LogP contribution in [0, 0.1) is 17.2 Å². The molecular formula is C24H33N3O7. The van der Waals surface area contributed by atoms with E-state index < -0.39 is 18.0 Å². The van der Waals surface area contributed by atoms with Gasteiger partial charge >= 0.3 is 12.1 Å². The van der Waals surface area contributed by atoms with Crippen LogP contribution in [-0.4, -0.2) is 72.0 Å². The molecule has 1 saturated heterocycles. The van der Waals surface area contributed by atoms with Crippen molar-refractivity contribution < 1.29 is 33.8 Å². The van der Waals surface area contributed by atoms with Gasteiger partial charge in [0.25, 0.3) is 0 Å². The van der Waals surface area contributed by atoms with Crippen molar-refractivity contribution in [1.82, 2.24) is 10.2 Å². The normalized spacial score (nSPS) is 15.0. The minimum absolute atomic E-state index is 0.0697. The summed E-state index contributed by atoms with van der Waals surface area (Å²) in [6.07, 6.45) is 0.313. The number of rotatable bonds is 10. The molecule has 1 atom stereocenters. The van der Waals surface area contributed by atoms with Crippen LogP contribution in [0.5, 0.6) is 0 Å². The standard InChI is InChI=1S/C24H33N3O7/c1-15(2)13-34-24(32)26-23(25)18-6-4-17(5-7-18)22(31)16(3)12-20(28)27-10-8-19(9-11-27)33-14-21(29)30/h4-7,15-16,19H,8-14H2,1-3H3,(H,29,30)(H2,25,26,32). The smallest absolute Gasteiger partial charge is 0.412 e. The average Bonchev–Trinajstić information content (AvgIpc) is 2.81. The topological polar surface area (TPSA) is 146 Å². The summed E-state index contributed by atoms with van der Waals surface area (Å²) >= 11 is 0. The number of carbonyl (C=O) groups excluding carboxylic acids is 3. The van der Waals surface area contributed by atoms with E-state index in [0.29, 0.717) is 37.1 Å². The summed E-state index contributed by atoms with van der Waals surface area (Å²) in [5.74, 6) is -1.80. The average molecular weight is 476 g/mol. The number of ether oxygens (including phenoxy) is 2. The monoisotopic (exact) mass is 475 g/mol. The van der Waals surface area contributed by atoms with Gasteiger partial charge in [-0.05, 0) is 18.8 Å². The van der Waals surface area contributed by atoms with Gasteiger partial charge in [-0.15, -0.1) is 0 Å². The highest BCUT2D eigenvalue weighted by Gasteiger charge is 2.26. The number of likely N-dealkylation sites (tertiary alicyclic amines) is 1. The quantitative estimate of drug-likeness (QED) is 0.268. The van der Waals surface area contributed by atoms with E-state index in [9.17, 15) is 19.2 Å². The molecule has 2 amide bonds. The number of amidine groups is 1. The summed E-state index contributed by atoms with van der Waals surface area (Å²) in [6, 6.07) is 6.27. The number of piperidine rings is 1. The number of aliphatic carboxylic acids is 1. The first-order valence-electron chi connectivity index (χ1n) is 11.3. The minimum Gasteiger partial charge on any atom is -0.480 e. The van der Waals surface area contributed by atoms with Crippen LogP contribution >= 0.6 is 0 Å². The van der Waals surface area contributed by atoms with Crippen molar-refractivity contribution in [3.63, 3.8) is 0 Å². The lowest BCUT2D eigenvalue weighted by Crippen LogP contribution is -2.42. The maximum Gasteiger partial charge on any atom is 0.412 e. The van der Waals surface area contributed by atoms with Gasteiger partial charge in [0.05, 0.1) is 12.7 Å². The molecule has 10 heteroatoms. The highest BCUT2D eigenvalue weighted by atomic mass is 16.5.